The predicted octanol–water partition coefficient (Wildman–Crippen LogP) is 1.87. The maximum Gasteiger partial charge on any atom is 0.159 e. The van der Waals surface area contributed by atoms with Gasteiger partial charge in [-0.3, -0.25) is 0 Å². The van der Waals surface area contributed by atoms with Gasteiger partial charge in [0.1, 0.15) is 12.4 Å². The molecule has 0 aliphatic carbocycles. The number of ether oxygens (including phenoxy) is 1. The van der Waals surface area contributed by atoms with Crippen LogP contribution in [0.2, 0.25) is 0 Å². The van der Waals surface area contributed by atoms with Crippen LogP contribution in [0.5, 0.6) is 5.75 Å². The van der Waals surface area contributed by atoms with Crippen LogP contribution in [-0.2, 0) is 0 Å². The standard InChI is InChI=1S/C13H12N4O/c14-7-12(10-8-15-9-16-10)17-5-6-18-13-4-2-1-3-11(13)17/h1-4,8-9,12H,5-6H2,(H,15,16)/t12-/m0/s1. The molecule has 2 aromatic rings. The number of nitriles is 1. The summed E-state index contributed by atoms with van der Waals surface area (Å²) in [4.78, 5) is 9.01. The molecule has 1 atom stereocenters. The van der Waals surface area contributed by atoms with Crippen LogP contribution in [-0.4, -0.2) is 23.1 Å². The van der Waals surface area contributed by atoms with Crippen molar-refractivity contribution in [2.45, 2.75) is 6.04 Å². The van der Waals surface area contributed by atoms with E-state index < -0.39 is 0 Å². The average Bonchev–Trinajstić information content (AvgIpc) is 2.94. The Balaban J connectivity index is 2.01. The lowest BCUT2D eigenvalue weighted by Gasteiger charge is -2.33. The van der Waals surface area contributed by atoms with Crippen molar-refractivity contribution >= 4 is 5.69 Å². The quantitative estimate of drug-likeness (QED) is 0.870. The van der Waals surface area contributed by atoms with Crippen LogP contribution in [0.4, 0.5) is 5.69 Å². The van der Waals surface area contributed by atoms with Gasteiger partial charge in [-0.05, 0) is 12.1 Å². The first-order chi connectivity index (χ1) is 8.90. The van der Waals surface area contributed by atoms with E-state index in [0.717, 1.165) is 17.1 Å². The summed E-state index contributed by atoms with van der Waals surface area (Å²) in [5, 5.41) is 9.40. The molecule has 1 aromatic carbocycles. The van der Waals surface area contributed by atoms with Crippen molar-refractivity contribution in [2.75, 3.05) is 18.1 Å². The number of benzene rings is 1. The lowest BCUT2D eigenvalue weighted by atomic mass is 10.1. The first-order valence-corrected chi connectivity index (χ1v) is 5.76. The van der Waals surface area contributed by atoms with Crippen LogP contribution in [0.15, 0.2) is 36.8 Å². The fourth-order valence-corrected chi connectivity index (χ4v) is 2.18. The minimum absolute atomic E-state index is 0.363. The van der Waals surface area contributed by atoms with Crippen LogP contribution >= 0.6 is 0 Å². The van der Waals surface area contributed by atoms with Gasteiger partial charge in [-0.25, -0.2) is 4.98 Å². The van der Waals surface area contributed by atoms with E-state index in [0.29, 0.717) is 13.2 Å². The third-order valence-corrected chi connectivity index (χ3v) is 3.01. The first kappa shape index (κ1) is 10.7. The molecular formula is C13H12N4O. The molecular weight excluding hydrogens is 228 g/mol. The topological polar surface area (TPSA) is 64.9 Å². The number of aromatic amines is 1. The van der Waals surface area contributed by atoms with Gasteiger partial charge in [0.15, 0.2) is 6.04 Å². The lowest BCUT2D eigenvalue weighted by molar-refractivity contribution is 0.304. The zero-order valence-corrected chi connectivity index (χ0v) is 9.71. The Kier molecular flexibility index (Phi) is 2.61. The maximum absolute atomic E-state index is 9.40. The number of hydrogen-bond donors (Lipinski definition) is 1. The summed E-state index contributed by atoms with van der Waals surface area (Å²) in [6.45, 7) is 1.28. The average molecular weight is 240 g/mol. The van der Waals surface area contributed by atoms with Gasteiger partial charge in [-0.2, -0.15) is 5.26 Å². The fraction of sp³-hybridized carbons (Fsp3) is 0.231. The zero-order valence-electron chi connectivity index (χ0n) is 9.71. The molecule has 2 heterocycles. The van der Waals surface area contributed by atoms with Crippen molar-refractivity contribution in [1.29, 1.82) is 5.26 Å². The molecule has 0 saturated heterocycles. The Hall–Kier alpha value is -2.48. The molecule has 1 aliphatic rings. The summed E-state index contributed by atoms with van der Waals surface area (Å²) < 4.78 is 5.59. The molecule has 0 spiro atoms. The minimum atomic E-state index is -0.363. The van der Waals surface area contributed by atoms with Gasteiger partial charge in [0.25, 0.3) is 0 Å². The van der Waals surface area contributed by atoms with Crippen LogP contribution in [0.25, 0.3) is 0 Å². The Labute approximate surface area is 105 Å². The number of nitrogens with one attached hydrogen (secondary N) is 1. The smallest absolute Gasteiger partial charge is 0.159 e. The summed E-state index contributed by atoms with van der Waals surface area (Å²) in [6.07, 6.45) is 3.28. The highest BCUT2D eigenvalue weighted by molar-refractivity contribution is 5.61. The van der Waals surface area contributed by atoms with Gasteiger partial charge in [-0.1, -0.05) is 12.1 Å². The van der Waals surface area contributed by atoms with Gasteiger partial charge in [0.2, 0.25) is 0 Å². The van der Waals surface area contributed by atoms with E-state index in [1.807, 2.05) is 29.2 Å². The predicted molar refractivity (Wildman–Crippen MR) is 66.2 cm³/mol. The largest absolute Gasteiger partial charge is 0.490 e. The zero-order chi connectivity index (χ0) is 12.4. The second kappa shape index (κ2) is 4.41. The molecule has 90 valence electrons. The molecule has 0 amide bonds. The Bertz CT molecular complexity index is 573. The molecule has 5 nitrogen and oxygen atoms in total. The van der Waals surface area contributed by atoms with E-state index in [2.05, 4.69) is 16.0 Å². The van der Waals surface area contributed by atoms with Gasteiger partial charge >= 0.3 is 0 Å². The van der Waals surface area contributed by atoms with Crippen molar-refractivity contribution < 1.29 is 4.74 Å². The molecule has 1 aromatic heterocycles. The molecule has 3 rings (SSSR count). The normalized spacial score (nSPS) is 15.4. The highest BCUT2D eigenvalue weighted by Gasteiger charge is 2.26. The number of para-hydroxylation sites is 2. The van der Waals surface area contributed by atoms with E-state index >= 15 is 0 Å². The Morgan fingerprint density at radius 2 is 2.33 bits per heavy atom. The summed E-state index contributed by atoms with van der Waals surface area (Å²) in [7, 11) is 0. The van der Waals surface area contributed by atoms with E-state index in [9.17, 15) is 5.26 Å². The number of fused-ring (bicyclic) bond motifs is 1. The Morgan fingerprint density at radius 3 is 3.11 bits per heavy atom. The van der Waals surface area contributed by atoms with Crippen molar-refractivity contribution in [3.8, 4) is 11.8 Å². The maximum atomic E-state index is 9.40. The van der Waals surface area contributed by atoms with E-state index in [-0.39, 0.29) is 6.04 Å². The third-order valence-electron chi connectivity index (χ3n) is 3.01. The number of nitrogens with zero attached hydrogens (tertiary/aromatic N) is 3. The van der Waals surface area contributed by atoms with E-state index in [1.165, 1.54) is 0 Å². The summed E-state index contributed by atoms with van der Waals surface area (Å²) in [6, 6.07) is 9.71. The van der Waals surface area contributed by atoms with Gasteiger partial charge < -0.3 is 14.6 Å². The van der Waals surface area contributed by atoms with Gasteiger partial charge in [-0.15, -0.1) is 0 Å². The minimum Gasteiger partial charge on any atom is -0.490 e. The number of rotatable bonds is 2. The van der Waals surface area contributed by atoms with Crippen molar-refractivity contribution in [3.63, 3.8) is 0 Å². The van der Waals surface area contributed by atoms with Crippen molar-refractivity contribution in [3.05, 3.63) is 42.5 Å². The van der Waals surface area contributed by atoms with Gasteiger partial charge in [0.05, 0.1) is 36.5 Å². The van der Waals surface area contributed by atoms with E-state index in [4.69, 9.17) is 4.74 Å². The monoisotopic (exact) mass is 240 g/mol. The second-order valence-electron chi connectivity index (χ2n) is 4.05. The molecule has 0 saturated carbocycles. The van der Waals surface area contributed by atoms with Crippen LogP contribution in [0, 0.1) is 11.3 Å². The molecule has 0 bridgehead atoms. The highest BCUT2D eigenvalue weighted by Crippen LogP contribution is 2.35. The fourth-order valence-electron chi connectivity index (χ4n) is 2.18. The molecule has 0 unspecified atom stereocenters. The number of imidazole rings is 1. The molecule has 5 heteroatoms. The molecule has 0 radical (unpaired) electrons. The number of H-pyrrole nitrogens is 1. The van der Waals surface area contributed by atoms with Crippen LogP contribution < -0.4 is 9.64 Å². The highest BCUT2D eigenvalue weighted by atomic mass is 16.5. The van der Waals surface area contributed by atoms with E-state index in [1.54, 1.807) is 12.5 Å². The molecule has 1 aliphatic heterocycles. The SMILES string of the molecule is N#C[C@@H](c1cnc[nH]1)N1CCOc2ccccc21. The molecule has 18 heavy (non-hydrogen) atoms. The lowest BCUT2D eigenvalue weighted by Crippen LogP contribution is -2.35. The van der Waals surface area contributed by atoms with Gasteiger partial charge in [0, 0.05) is 0 Å². The van der Waals surface area contributed by atoms with Crippen LogP contribution in [0.1, 0.15) is 11.7 Å². The number of hydrogen-bond acceptors (Lipinski definition) is 4. The van der Waals surface area contributed by atoms with Crippen molar-refractivity contribution in [2.24, 2.45) is 0 Å². The third kappa shape index (κ3) is 1.68. The first-order valence-electron chi connectivity index (χ1n) is 5.76. The Morgan fingerprint density at radius 1 is 1.44 bits per heavy atom. The molecule has 1 N–H and O–H groups in total. The summed E-state index contributed by atoms with van der Waals surface area (Å²) >= 11 is 0. The molecule has 0 fully saturated rings. The number of aromatic nitrogens is 2. The number of anilines is 1. The summed E-state index contributed by atoms with van der Waals surface area (Å²) in [5.41, 5.74) is 1.75. The van der Waals surface area contributed by atoms with Crippen LogP contribution in [0.3, 0.4) is 0 Å². The van der Waals surface area contributed by atoms with Crippen molar-refractivity contribution in [1.82, 2.24) is 9.97 Å². The second-order valence-corrected chi connectivity index (χ2v) is 4.05. The summed E-state index contributed by atoms with van der Waals surface area (Å²) in [5.74, 6) is 0.823.